The number of aliphatic hydroxyl groups is 1. The van der Waals surface area contributed by atoms with E-state index in [1.807, 2.05) is 25.1 Å². The van der Waals surface area contributed by atoms with E-state index in [4.69, 9.17) is 4.74 Å². The van der Waals surface area contributed by atoms with Gasteiger partial charge in [0.05, 0.1) is 19.8 Å². The highest BCUT2D eigenvalue weighted by molar-refractivity contribution is 5.92. The van der Waals surface area contributed by atoms with Crippen molar-refractivity contribution < 1.29 is 14.6 Å². The molecule has 5 nitrogen and oxygen atoms in total. The number of anilines is 1. The summed E-state index contributed by atoms with van der Waals surface area (Å²) in [6.07, 6.45) is 6.37. The standard InChI is InChI=1S/C20H28N2O3/c1-20(15-23)10-2-3-18(20)21-19(24)9-6-16-4-7-17(8-5-16)22-11-13-25-14-12-22/h4-9,18,23H,2-3,10-15H2,1H3,(H,21,24)/b9-6+. The molecule has 3 rings (SSSR count). The van der Waals surface area contributed by atoms with Crippen LogP contribution in [0.15, 0.2) is 30.3 Å². The van der Waals surface area contributed by atoms with Gasteiger partial charge in [-0.1, -0.05) is 25.5 Å². The highest BCUT2D eigenvalue weighted by atomic mass is 16.5. The van der Waals surface area contributed by atoms with Crippen molar-refractivity contribution in [1.29, 1.82) is 0 Å². The van der Waals surface area contributed by atoms with Crippen LogP contribution in [0.25, 0.3) is 6.08 Å². The number of nitrogens with one attached hydrogen (secondary N) is 1. The molecule has 1 aliphatic carbocycles. The first-order valence-corrected chi connectivity index (χ1v) is 9.13. The number of carbonyl (C=O) groups excluding carboxylic acids is 1. The fourth-order valence-corrected chi connectivity index (χ4v) is 3.68. The number of amides is 1. The maximum atomic E-state index is 12.2. The van der Waals surface area contributed by atoms with Crippen molar-refractivity contribution in [3.05, 3.63) is 35.9 Å². The molecule has 25 heavy (non-hydrogen) atoms. The van der Waals surface area contributed by atoms with Gasteiger partial charge in [0.15, 0.2) is 0 Å². The van der Waals surface area contributed by atoms with Crippen molar-refractivity contribution in [3.63, 3.8) is 0 Å². The zero-order chi connectivity index (χ0) is 17.7. The van der Waals surface area contributed by atoms with Crippen LogP contribution in [0.1, 0.15) is 31.7 Å². The minimum atomic E-state index is -0.191. The van der Waals surface area contributed by atoms with Crippen LogP contribution in [0.4, 0.5) is 5.69 Å². The Kier molecular flexibility index (Phi) is 5.76. The van der Waals surface area contributed by atoms with E-state index in [1.54, 1.807) is 6.08 Å². The molecule has 2 aliphatic rings. The second-order valence-corrected chi connectivity index (χ2v) is 7.29. The largest absolute Gasteiger partial charge is 0.396 e. The van der Waals surface area contributed by atoms with Gasteiger partial charge in [-0.05, 0) is 36.6 Å². The Hall–Kier alpha value is -1.85. The Morgan fingerprint density at radius 3 is 2.76 bits per heavy atom. The second kappa shape index (κ2) is 8.02. The van der Waals surface area contributed by atoms with Gasteiger partial charge >= 0.3 is 0 Å². The fourth-order valence-electron chi connectivity index (χ4n) is 3.68. The van der Waals surface area contributed by atoms with Crippen LogP contribution in [0.2, 0.25) is 0 Å². The Morgan fingerprint density at radius 2 is 2.08 bits per heavy atom. The molecule has 2 atom stereocenters. The van der Waals surface area contributed by atoms with Crippen molar-refractivity contribution in [2.75, 3.05) is 37.8 Å². The maximum absolute atomic E-state index is 12.2. The van der Waals surface area contributed by atoms with Crippen molar-refractivity contribution >= 4 is 17.7 Å². The van der Waals surface area contributed by atoms with Crippen LogP contribution in [0.3, 0.4) is 0 Å². The van der Waals surface area contributed by atoms with Gasteiger partial charge in [-0.25, -0.2) is 0 Å². The zero-order valence-electron chi connectivity index (χ0n) is 14.9. The van der Waals surface area contributed by atoms with E-state index in [9.17, 15) is 9.90 Å². The molecule has 2 unspecified atom stereocenters. The van der Waals surface area contributed by atoms with Crippen LogP contribution in [0.5, 0.6) is 0 Å². The number of hydrogen-bond donors (Lipinski definition) is 2. The summed E-state index contributed by atoms with van der Waals surface area (Å²) in [5, 5.41) is 12.6. The molecule has 1 aromatic carbocycles. The van der Waals surface area contributed by atoms with E-state index < -0.39 is 0 Å². The topological polar surface area (TPSA) is 61.8 Å². The first kappa shape index (κ1) is 18.0. The Balaban J connectivity index is 1.55. The van der Waals surface area contributed by atoms with Gasteiger partial charge in [0.2, 0.25) is 5.91 Å². The molecule has 1 saturated carbocycles. The van der Waals surface area contributed by atoms with Crippen molar-refractivity contribution in [2.24, 2.45) is 5.41 Å². The lowest BCUT2D eigenvalue weighted by molar-refractivity contribution is -0.117. The molecule has 1 aliphatic heterocycles. The summed E-state index contributed by atoms with van der Waals surface area (Å²) in [6, 6.07) is 8.29. The van der Waals surface area contributed by atoms with Crippen LogP contribution >= 0.6 is 0 Å². The number of rotatable bonds is 5. The molecule has 2 fully saturated rings. The number of carbonyl (C=O) groups is 1. The van der Waals surface area contributed by atoms with E-state index in [1.165, 1.54) is 5.69 Å². The van der Waals surface area contributed by atoms with Crippen molar-refractivity contribution in [1.82, 2.24) is 5.32 Å². The molecule has 0 spiro atoms. The van der Waals surface area contributed by atoms with Gasteiger partial charge in [0.1, 0.15) is 0 Å². The second-order valence-electron chi connectivity index (χ2n) is 7.29. The van der Waals surface area contributed by atoms with Gasteiger partial charge < -0.3 is 20.1 Å². The maximum Gasteiger partial charge on any atom is 0.244 e. The normalized spacial score (nSPS) is 27.0. The number of morpholine rings is 1. The van der Waals surface area contributed by atoms with Crippen LogP contribution in [-0.4, -0.2) is 50.0 Å². The average Bonchev–Trinajstić information content (AvgIpc) is 3.02. The molecule has 0 radical (unpaired) electrons. The van der Waals surface area contributed by atoms with E-state index >= 15 is 0 Å². The molecular weight excluding hydrogens is 316 g/mol. The minimum absolute atomic E-state index is 0.0540. The molecular formula is C20H28N2O3. The molecule has 0 bridgehead atoms. The predicted molar refractivity (Wildman–Crippen MR) is 99.5 cm³/mol. The lowest BCUT2D eigenvalue weighted by Crippen LogP contribution is -2.44. The highest BCUT2D eigenvalue weighted by Crippen LogP contribution is 2.37. The monoisotopic (exact) mass is 344 g/mol. The smallest absolute Gasteiger partial charge is 0.244 e. The third-order valence-electron chi connectivity index (χ3n) is 5.46. The molecule has 5 heteroatoms. The molecule has 1 aromatic rings. The third kappa shape index (κ3) is 4.41. The van der Waals surface area contributed by atoms with Crippen molar-refractivity contribution in [2.45, 2.75) is 32.2 Å². The summed E-state index contributed by atoms with van der Waals surface area (Å²) in [6.45, 7) is 5.54. The molecule has 1 heterocycles. The summed E-state index contributed by atoms with van der Waals surface area (Å²) in [5.41, 5.74) is 2.00. The molecule has 1 amide bonds. The third-order valence-corrected chi connectivity index (χ3v) is 5.46. The molecule has 2 N–H and O–H groups in total. The molecule has 136 valence electrons. The molecule has 1 saturated heterocycles. The van der Waals surface area contributed by atoms with E-state index in [2.05, 4.69) is 22.3 Å². The van der Waals surface area contributed by atoms with Crippen LogP contribution < -0.4 is 10.2 Å². The number of hydrogen-bond acceptors (Lipinski definition) is 4. The van der Waals surface area contributed by atoms with Crippen LogP contribution in [0, 0.1) is 5.41 Å². The van der Waals surface area contributed by atoms with Gasteiger partial charge in [-0.15, -0.1) is 0 Å². The lowest BCUT2D eigenvalue weighted by atomic mass is 9.86. The van der Waals surface area contributed by atoms with Gasteiger partial charge in [0, 0.05) is 36.3 Å². The van der Waals surface area contributed by atoms with E-state index in [0.717, 1.165) is 51.1 Å². The Labute approximate surface area is 149 Å². The quantitative estimate of drug-likeness (QED) is 0.804. The minimum Gasteiger partial charge on any atom is -0.396 e. The predicted octanol–water partition coefficient (Wildman–Crippen LogP) is 2.20. The summed E-state index contributed by atoms with van der Waals surface area (Å²) < 4.78 is 5.37. The summed E-state index contributed by atoms with van der Waals surface area (Å²) in [5.74, 6) is -0.0937. The SMILES string of the molecule is CC1(CO)CCCC1NC(=O)/C=C/c1ccc(N2CCOCC2)cc1. The van der Waals surface area contributed by atoms with E-state index in [-0.39, 0.29) is 24.0 Å². The van der Waals surface area contributed by atoms with E-state index in [0.29, 0.717) is 0 Å². The lowest BCUT2D eigenvalue weighted by Gasteiger charge is -2.29. The number of benzene rings is 1. The highest BCUT2D eigenvalue weighted by Gasteiger charge is 2.38. The number of nitrogens with zero attached hydrogens (tertiary/aromatic N) is 1. The first-order valence-electron chi connectivity index (χ1n) is 9.13. The Morgan fingerprint density at radius 1 is 1.36 bits per heavy atom. The summed E-state index contributed by atoms with van der Waals surface area (Å²) in [4.78, 5) is 14.5. The summed E-state index contributed by atoms with van der Waals surface area (Å²) in [7, 11) is 0. The number of aliphatic hydroxyl groups excluding tert-OH is 1. The van der Waals surface area contributed by atoms with Crippen LogP contribution in [-0.2, 0) is 9.53 Å². The van der Waals surface area contributed by atoms with Gasteiger partial charge in [-0.2, -0.15) is 0 Å². The van der Waals surface area contributed by atoms with Crippen molar-refractivity contribution in [3.8, 4) is 0 Å². The van der Waals surface area contributed by atoms with Gasteiger partial charge in [-0.3, -0.25) is 4.79 Å². The molecule has 0 aromatic heterocycles. The Bertz CT molecular complexity index is 608. The van der Waals surface area contributed by atoms with Gasteiger partial charge in [0.25, 0.3) is 0 Å². The number of ether oxygens (including phenoxy) is 1. The average molecular weight is 344 g/mol. The zero-order valence-corrected chi connectivity index (χ0v) is 14.9. The summed E-state index contributed by atoms with van der Waals surface area (Å²) >= 11 is 0. The first-order chi connectivity index (χ1) is 12.1. The fraction of sp³-hybridized carbons (Fsp3) is 0.550.